The van der Waals surface area contributed by atoms with E-state index in [9.17, 15) is 13.2 Å². The molecule has 2 aliphatic heterocycles. The molecule has 1 aliphatic carbocycles. The summed E-state index contributed by atoms with van der Waals surface area (Å²) in [5, 5.41) is 2.81. The lowest BCUT2D eigenvalue weighted by atomic mass is 10.2. The molecule has 3 fully saturated rings. The van der Waals surface area contributed by atoms with Crippen molar-refractivity contribution in [1.82, 2.24) is 0 Å². The van der Waals surface area contributed by atoms with Crippen molar-refractivity contribution in [3.63, 3.8) is 0 Å². The normalized spacial score (nSPS) is 27.1. The van der Waals surface area contributed by atoms with Gasteiger partial charge in [0.25, 0.3) is 0 Å². The predicted molar refractivity (Wildman–Crippen MR) is 115 cm³/mol. The highest BCUT2D eigenvalue weighted by Crippen LogP contribution is 2.58. The van der Waals surface area contributed by atoms with Crippen LogP contribution >= 0.6 is 11.8 Å². The van der Waals surface area contributed by atoms with Crippen molar-refractivity contribution in [2.45, 2.75) is 24.2 Å². The second kappa shape index (κ2) is 6.67. The number of nitrogens with one attached hydrogen (secondary N) is 1. The third-order valence-electron chi connectivity index (χ3n) is 5.91. The second-order valence-electron chi connectivity index (χ2n) is 7.92. The molecule has 2 aromatic rings. The highest BCUT2D eigenvalue weighted by molar-refractivity contribution is 8.00. The molecule has 2 atom stereocenters. The number of carbonyl (C=O) groups is 1. The Balaban J connectivity index is 1.31. The van der Waals surface area contributed by atoms with Crippen LogP contribution in [-0.2, 0) is 14.8 Å². The van der Waals surface area contributed by atoms with E-state index in [1.807, 2.05) is 43.0 Å². The Kier molecular flexibility index (Phi) is 4.33. The average molecular weight is 431 g/mol. The summed E-state index contributed by atoms with van der Waals surface area (Å²) in [5.74, 6) is 2.14. The fourth-order valence-electron chi connectivity index (χ4n) is 4.01. The van der Waals surface area contributed by atoms with Gasteiger partial charge in [0.1, 0.15) is 11.9 Å². The number of ether oxygens (including phenoxy) is 1. The lowest BCUT2D eigenvalue weighted by Gasteiger charge is -2.26. The number of aryl methyl sites for hydroxylation is 1. The monoisotopic (exact) mass is 430 g/mol. The minimum Gasteiger partial charge on any atom is -0.489 e. The van der Waals surface area contributed by atoms with Crippen molar-refractivity contribution >= 4 is 39.1 Å². The summed E-state index contributed by atoms with van der Waals surface area (Å²) < 4.78 is 32.3. The van der Waals surface area contributed by atoms with Crippen LogP contribution in [0.2, 0.25) is 0 Å². The van der Waals surface area contributed by atoms with Crippen molar-refractivity contribution in [3.05, 3.63) is 54.1 Å². The van der Waals surface area contributed by atoms with Crippen LogP contribution in [-0.4, -0.2) is 43.2 Å². The van der Waals surface area contributed by atoms with Crippen molar-refractivity contribution in [2.24, 2.45) is 5.92 Å². The zero-order valence-electron chi connectivity index (χ0n) is 16.0. The van der Waals surface area contributed by atoms with E-state index in [0.717, 1.165) is 22.8 Å². The fraction of sp³-hybridized carbons (Fsp3) is 0.381. The van der Waals surface area contributed by atoms with Gasteiger partial charge < -0.3 is 10.1 Å². The van der Waals surface area contributed by atoms with Crippen molar-refractivity contribution in [2.75, 3.05) is 27.7 Å². The van der Waals surface area contributed by atoms with Crippen LogP contribution in [0.25, 0.3) is 0 Å². The SMILES string of the molecule is Cc1ccc(N2C[C@H]3C[C@@]3(C(=O)Nc3ccc(OC4CSC4)cc3)S2(=O)=O)cc1. The molecule has 0 spiro atoms. The van der Waals surface area contributed by atoms with Gasteiger partial charge in [-0.3, -0.25) is 9.10 Å². The van der Waals surface area contributed by atoms with Crippen molar-refractivity contribution in [1.29, 1.82) is 0 Å². The van der Waals surface area contributed by atoms with Crippen LogP contribution < -0.4 is 14.4 Å². The molecule has 5 rings (SSSR count). The minimum atomic E-state index is -3.76. The van der Waals surface area contributed by atoms with E-state index < -0.39 is 20.7 Å². The Hall–Kier alpha value is -2.19. The molecule has 8 heteroatoms. The number of hydrogen-bond acceptors (Lipinski definition) is 5. The van der Waals surface area contributed by atoms with Gasteiger partial charge in [-0.1, -0.05) is 17.7 Å². The van der Waals surface area contributed by atoms with E-state index in [4.69, 9.17) is 4.74 Å². The summed E-state index contributed by atoms with van der Waals surface area (Å²) in [6.07, 6.45) is 0.632. The molecule has 2 saturated heterocycles. The molecule has 0 radical (unpaired) electrons. The summed E-state index contributed by atoms with van der Waals surface area (Å²) in [5.41, 5.74) is 2.26. The number of rotatable bonds is 5. The number of nitrogens with zero attached hydrogens (tertiary/aromatic N) is 1. The molecule has 1 amide bonds. The zero-order valence-corrected chi connectivity index (χ0v) is 17.6. The molecule has 2 aromatic carbocycles. The van der Waals surface area contributed by atoms with Gasteiger partial charge >= 0.3 is 0 Å². The van der Waals surface area contributed by atoms with Gasteiger partial charge in [0, 0.05) is 29.7 Å². The first-order valence-electron chi connectivity index (χ1n) is 9.65. The second-order valence-corrected chi connectivity index (χ2v) is 11.1. The lowest BCUT2D eigenvalue weighted by Crippen LogP contribution is -2.42. The van der Waals surface area contributed by atoms with Gasteiger partial charge in [-0.15, -0.1) is 0 Å². The topological polar surface area (TPSA) is 75.7 Å². The van der Waals surface area contributed by atoms with E-state index in [1.165, 1.54) is 4.31 Å². The van der Waals surface area contributed by atoms with Gasteiger partial charge in [0.2, 0.25) is 15.9 Å². The standard InChI is InChI=1S/C21H22N2O4S2/c1-14-2-6-17(7-3-14)23-11-15-10-21(15,29(23,25)26)20(24)22-16-4-8-18(9-5-16)27-19-12-28-13-19/h2-9,15,19H,10-13H2,1H3,(H,22,24)/t15-,21-/m1/s1. The summed E-state index contributed by atoms with van der Waals surface area (Å²) in [6, 6.07) is 14.5. The zero-order chi connectivity index (χ0) is 20.2. The van der Waals surface area contributed by atoms with Gasteiger partial charge in [0.05, 0.1) is 5.69 Å². The summed E-state index contributed by atoms with van der Waals surface area (Å²) in [4.78, 5) is 13.0. The van der Waals surface area contributed by atoms with Crippen molar-refractivity contribution < 1.29 is 17.9 Å². The highest BCUT2D eigenvalue weighted by Gasteiger charge is 2.75. The van der Waals surface area contributed by atoms with Crippen LogP contribution in [0.15, 0.2) is 48.5 Å². The van der Waals surface area contributed by atoms with E-state index in [-0.39, 0.29) is 12.0 Å². The number of sulfonamides is 1. The first-order valence-corrected chi connectivity index (χ1v) is 12.2. The largest absolute Gasteiger partial charge is 0.489 e. The Morgan fingerprint density at radius 2 is 1.83 bits per heavy atom. The molecule has 1 saturated carbocycles. The van der Waals surface area contributed by atoms with E-state index in [0.29, 0.717) is 24.3 Å². The molecule has 29 heavy (non-hydrogen) atoms. The number of amides is 1. The molecule has 1 N–H and O–H groups in total. The Bertz CT molecular complexity index is 1050. The molecular formula is C21H22N2O4S2. The first kappa shape index (κ1) is 18.8. The predicted octanol–water partition coefficient (Wildman–Crippen LogP) is 3.04. The summed E-state index contributed by atoms with van der Waals surface area (Å²) in [7, 11) is -3.76. The molecule has 0 unspecified atom stereocenters. The van der Waals surface area contributed by atoms with E-state index in [1.54, 1.807) is 24.3 Å². The van der Waals surface area contributed by atoms with E-state index in [2.05, 4.69) is 5.32 Å². The van der Waals surface area contributed by atoms with Crippen LogP contribution in [0, 0.1) is 12.8 Å². The third kappa shape index (κ3) is 3.00. The lowest BCUT2D eigenvalue weighted by molar-refractivity contribution is -0.116. The van der Waals surface area contributed by atoms with Crippen LogP contribution in [0.4, 0.5) is 11.4 Å². The molecular weight excluding hydrogens is 408 g/mol. The highest BCUT2D eigenvalue weighted by atomic mass is 32.2. The van der Waals surface area contributed by atoms with Gasteiger partial charge in [-0.2, -0.15) is 11.8 Å². The number of hydrogen-bond donors (Lipinski definition) is 1. The molecule has 6 nitrogen and oxygen atoms in total. The number of carbonyl (C=O) groups excluding carboxylic acids is 1. The third-order valence-corrected chi connectivity index (χ3v) is 9.68. The van der Waals surface area contributed by atoms with Gasteiger partial charge in [-0.05, 0) is 49.7 Å². The van der Waals surface area contributed by atoms with Gasteiger partial charge in [0.15, 0.2) is 4.75 Å². The maximum Gasteiger partial charge on any atom is 0.250 e. The van der Waals surface area contributed by atoms with Crippen LogP contribution in [0.3, 0.4) is 0 Å². The smallest absolute Gasteiger partial charge is 0.250 e. The Morgan fingerprint density at radius 1 is 1.14 bits per heavy atom. The molecule has 0 bridgehead atoms. The molecule has 0 aromatic heterocycles. The Labute approximate surface area is 174 Å². The van der Waals surface area contributed by atoms with Crippen LogP contribution in [0.5, 0.6) is 5.75 Å². The fourth-order valence-corrected chi connectivity index (χ4v) is 6.93. The minimum absolute atomic E-state index is 0.174. The average Bonchev–Trinajstić information content (AvgIpc) is 3.36. The molecule has 2 heterocycles. The van der Waals surface area contributed by atoms with E-state index >= 15 is 0 Å². The number of anilines is 2. The van der Waals surface area contributed by atoms with Crippen molar-refractivity contribution in [3.8, 4) is 5.75 Å². The Morgan fingerprint density at radius 3 is 2.45 bits per heavy atom. The molecule has 152 valence electrons. The maximum absolute atomic E-state index is 13.2. The van der Waals surface area contributed by atoms with Gasteiger partial charge in [-0.25, -0.2) is 8.42 Å². The summed E-state index contributed by atoms with van der Waals surface area (Å²) in [6.45, 7) is 2.31. The van der Waals surface area contributed by atoms with Crippen LogP contribution in [0.1, 0.15) is 12.0 Å². The quantitative estimate of drug-likeness (QED) is 0.789. The number of fused-ring (bicyclic) bond motifs is 1. The number of thioether (sulfide) groups is 1. The molecule has 3 aliphatic rings. The maximum atomic E-state index is 13.2. The first-order chi connectivity index (χ1) is 13.9. The summed E-state index contributed by atoms with van der Waals surface area (Å²) >= 11 is 1.85. The number of benzene rings is 2.